The fourth-order valence-corrected chi connectivity index (χ4v) is 3.53. The van der Waals surface area contributed by atoms with E-state index >= 15 is 0 Å². The van der Waals surface area contributed by atoms with Gasteiger partial charge >= 0.3 is 0 Å². The van der Waals surface area contributed by atoms with Crippen LogP contribution in [0.25, 0.3) is 22.0 Å². The van der Waals surface area contributed by atoms with Crippen LogP contribution in [-0.4, -0.2) is 48.7 Å². The standard InChI is InChI=1S/C21H21ClN2O3/c22-19-13-20-16(6-7-23-20)12-18(19)15-2-4-17(5-3-15)27-10-1-8-24-9-11-26-14-21(24)25/h2-7,12-13,23H,1,8-11,14H2. The molecule has 0 aliphatic carbocycles. The van der Waals surface area contributed by atoms with Crippen LogP contribution in [0.4, 0.5) is 0 Å². The van der Waals surface area contributed by atoms with Crippen LogP contribution in [-0.2, 0) is 9.53 Å². The number of benzene rings is 2. The molecule has 1 aliphatic heterocycles. The molecule has 1 amide bonds. The predicted molar refractivity (Wildman–Crippen MR) is 106 cm³/mol. The fourth-order valence-electron chi connectivity index (χ4n) is 3.26. The average Bonchev–Trinajstić information content (AvgIpc) is 3.13. The van der Waals surface area contributed by atoms with Gasteiger partial charge < -0.3 is 19.4 Å². The smallest absolute Gasteiger partial charge is 0.248 e. The van der Waals surface area contributed by atoms with E-state index in [9.17, 15) is 4.79 Å². The summed E-state index contributed by atoms with van der Waals surface area (Å²) in [5.74, 6) is 0.868. The lowest BCUT2D eigenvalue weighted by Crippen LogP contribution is -2.42. The van der Waals surface area contributed by atoms with Crippen LogP contribution in [0.5, 0.6) is 5.75 Å². The summed E-state index contributed by atoms with van der Waals surface area (Å²) in [4.78, 5) is 16.7. The molecule has 0 spiro atoms. The zero-order valence-corrected chi connectivity index (χ0v) is 15.7. The van der Waals surface area contributed by atoms with E-state index in [-0.39, 0.29) is 12.5 Å². The van der Waals surface area contributed by atoms with Crippen LogP contribution in [0.3, 0.4) is 0 Å². The van der Waals surface area contributed by atoms with Crippen LogP contribution in [0.1, 0.15) is 6.42 Å². The third-order valence-corrected chi connectivity index (χ3v) is 5.04. The van der Waals surface area contributed by atoms with E-state index in [1.807, 2.05) is 47.5 Å². The largest absolute Gasteiger partial charge is 0.494 e. The Hall–Kier alpha value is -2.50. The molecular weight excluding hydrogens is 364 g/mol. The SMILES string of the molecule is O=C1COCCN1CCCOc1ccc(-c2cc3cc[nH]c3cc2Cl)cc1. The van der Waals surface area contributed by atoms with Crippen LogP contribution < -0.4 is 4.74 Å². The molecule has 0 bridgehead atoms. The van der Waals surface area contributed by atoms with Gasteiger partial charge in [0.05, 0.1) is 18.2 Å². The van der Waals surface area contributed by atoms with Crippen molar-refractivity contribution in [1.82, 2.24) is 9.88 Å². The molecule has 1 fully saturated rings. The van der Waals surface area contributed by atoms with Crippen LogP contribution >= 0.6 is 11.6 Å². The van der Waals surface area contributed by atoms with E-state index in [1.165, 1.54) is 0 Å². The molecule has 3 aromatic rings. The zero-order valence-electron chi connectivity index (χ0n) is 14.9. The number of rotatable bonds is 6. The molecule has 0 unspecified atom stereocenters. The molecule has 2 aromatic carbocycles. The first-order valence-electron chi connectivity index (χ1n) is 9.06. The Morgan fingerprint density at radius 2 is 2.04 bits per heavy atom. The topological polar surface area (TPSA) is 54.6 Å². The predicted octanol–water partition coefficient (Wildman–Crippen LogP) is 4.12. The lowest BCUT2D eigenvalue weighted by molar-refractivity contribution is -0.142. The Balaban J connectivity index is 1.34. The van der Waals surface area contributed by atoms with E-state index < -0.39 is 0 Å². The summed E-state index contributed by atoms with van der Waals surface area (Å²) in [6, 6.07) is 14.0. The third-order valence-electron chi connectivity index (χ3n) is 4.73. The number of aromatic amines is 1. The second-order valence-electron chi connectivity index (χ2n) is 6.56. The molecule has 4 rings (SSSR count). The molecule has 1 aromatic heterocycles. The van der Waals surface area contributed by atoms with Gasteiger partial charge in [-0.3, -0.25) is 4.79 Å². The number of nitrogens with one attached hydrogen (secondary N) is 1. The van der Waals surface area contributed by atoms with Gasteiger partial charge in [-0.15, -0.1) is 0 Å². The van der Waals surface area contributed by atoms with Gasteiger partial charge in [0.1, 0.15) is 12.4 Å². The van der Waals surface area contributed by atoms with E-state index in [1.54, 1.807) is 0 Å². The molecule has 27 heavy (non-hydrogen) atoms. The number of ether oxygens (including phenoxy) is 2. The van der Waals surface area contributed by atoms with Crippen molar-refractivity contribution in [3.63, 3.8) is 0 Å². The van der Waals surface area contributed by atoms with E-state index in [0.717, 1.165) is 34.2 Å². The molecule has 0 radical (unpaired) electrons. The second kappa shape index (κ2) is 8.03. The summed E-state index contributed by atoms with van der Waals surface area (Å²) in [5.41, 5.74) is 3.08. The Morgan fingerprint density at radius 3 is 2.85 bits per heavy atom. The minimum absolute atomic E-state index is 0.0573. The van der Waals surface area contributed by atoms with Crippen molar-refractivity contribution in [2.45, 2.75) is 6.42 Å². The van der Waals surface area contributed by atoms with Crippen molar-refractivity contribution in [3.8, 4) is 16.9 Å². The molecule has 5 nitrogen and oxygen atoms in total. The lowest BCUT2D eigenvalue weighted by atomic mass is 10.0. The Bertz CT molecular complexity index is 936. The lowest BCUT2D eigenvalue weighted by Gasteiger charge is -2.26. The Labute approximate surface area is 162 Å². The number of amides is 1. The number of carbonyl (C=O) groups excluding carboxylic acids is 1. The number of halogens is 1. The minimum atomic E-state index is 0.0573. The maximum atomic E-state index is 11.7. The number of H-pyrrole nitrogens is 1. The number of hydrogen-bond acceptors (Lipinski definition) is 3. The number of morpholine rings is 1. The van der Waals surface area contributed by atoms with Gasteiger partial charge in [-0.25, -0.2) is 0 Å². The van der Waals surface area contributed by atoms with Crippen LogP contribution in [0.15, 0.2) is 48.7 Å². The molecule has 1 N–H and O–H groups in total. The summed E-state index contributed by atoms with van der Waals surface area (Å²) in [7, 11) is 0. The molecular formula is C21H21ClN2O3. The van der Waals surface area contributed by atoms with E-state index in [2.05, 4.69) is 11.1 Å². The van der Waals surface area contributed by atoms with Gasteiger partial charge in [-0.1, -0.05) is 23.7 Å². The summed E-state index contributed by atoms with van der Waals surface area (Å²) in [6.07, 6.45) is 2.70. The van der Waals surface area contributed by atoms with Gasteiger partial charge in [0.2, 0.25) is 5.91 Å². The summed E-state index contributed by atoms with van der Waals surface area (Å²) >= 11 is 6.43. The number of fused-ring (bicyclic) bond motifs is 1. The second-order valence-corrected chi connectivity index (χ2v) is 6.96. The minimum Gasteiger partial charge on any atom is -0.494 e. The third kappa shape index (κ3) is 4.10. The maximum Gasteiger partial charge on any atom is 0.248 e. The number of hydrogen-bond donors (Lipinski definition) is 1. The van der Waals surface area contributed by atoms with Crippen molar-refractivity contribution in [1.29, 1.82) is 0 Å². The van der Waals surface area contributed by atoms with Crippen molar-refractivity contribution >= 4 is 28.4 Å². The number of aromatic nitrogens is 1. The first-order valence-corrected chi connectivity index (χ1v) is 9.44. The first-order chi connectivity index (χ1) is 13.2. The highest BCUT2D eigenvalue weighted by Crippen LogP contribution is 2.32. The van der Waals surface area contributed by atoms with Crippen molar-refractivity contribution in [2.24, 2.45) is 0 Å². The number of nitrogens with zero attached hydrogens (tertiary/aromatic N) is 1. The quantitative estimate of drug-likeness (QED) is 0.650. The summed E-state index contributed by atoms with van der Waals surface area (Å²) in [5, 5.41) is 1.85. The molecule has 0 atom stereocenters. The summed E-state index contributed by atoms with van der Waals surface area (Å²) < 4.78 is 10.9. The Kier molecular flexibility index (Phi) is 5.32. The highest BCUT2D eigenvalue weighted by Gasteiger charge is 2.17. The molecule has 1 aliphatic rings. The fraction of sp³-hybridized carbons (Fsp3) is 0.286. The first kappa shape index (κ1) is 17.9. The highest BCUT2D eigenvalue weighted by atomic mass is 35.5. The molecule has 140 valence electrons. The van der Waals surface area contributed by atoms with Gasteiger partial charge in [0.15, 0.2) is 0 Å². The van der Waals surface area contributed by atoms with E-state index in [4.69, 9.17) is 21.1 Å². The van der Waals surface area contributed by atoms with Gasteiger partial charge in [-0.05, 0) is 42.3 Å². The van der Waals surface area contributed by atoms with Crippen molar-refractivity contribution < 1.29 is 14.3 Å². The maximum absolute atomic E-state index is 11.7. The van der Waals surface area contributed by atoms with E-state index in [0.29, 0.717) is 31.3 Å². The molecule has 2 heterocycles. The van der Waals surface area contributed by atoms with Crippen LogP contribution in [0, 0.1) is 0 Å². The van der Waals surface area contributed by atoms with Crippen molar-refractivity contribution in [3.05, 3.63) is 53.7 Å². The molecule has 1 saturated heterocycles. The Morgan fingerprint density at radius 1 is 1.19 bits per heavy atom. The monoisotopic (exact) mass is 384 g/mol. The summed E-state index contributed by atoms with van der Waals surface area (Å²) in [6.45, 7) is 2.75. The van der Waals surface area contributed by atoms with Crippen LogP contribution in [0.2, 0.25) is 5.02 Å². The number of carbonyl (C=O) groups is 1. The van der Waals surface area contributed by atoms with Gasteiger partial charge in [-0.2, -0.15) is 0 Å². The van der Waals surface area contributed by atoms with Gasteiger partial charge in [0, 0.05) is 35.8 Å². The molecule has 6 heteroatoms. The normalized spacial score (nSPS) is 14.7. The van der Waals surface area contributed by atoms with Crippen molar-refractivity contribution in [2.75, 3.05) is 32.9 Å². The highest BCUT2D eigenvalue weighted by molar-refractivity contribution is 6.34. The van der Waals surface area contributed by atoms with Gasteiger partial charge in [0.25, 0.3) is 0 Å². The molecule has 0 saturated carbocycles. The zero-order chi connectivity index (χ0) is 18.6. The average molecular weight is 385 g/mol.